The van der Waals surface area contributed by atoms with E-state index in [4.69, 9.17) is 9.15 Å². The number of carbonyl (C=O) groups excluding carboxylic acids is 2. The van der Waals surface area contributed by atoms with Crippen molar-refractivity contribution in [3.63, 3.8) is 0 Å². The highest BCUT2D eigenvalue weighted by Crippen LogP contribution is 2.14. The molecule has 1 saturated heterocycles. The maximum Gasteiger partial charge on any atom is 0.374 e. The first-order valence-electron chi connectivity index (χ1n) is 5.26. The van der Waals surface area contributed by atoms with Gasteiger partial charge in [0.15, 0.2) is 0 Å². The molecule has 1 aliphatic rings. The molecular formula is C11H14ClNO5. The lowest BCUT2D eigenvalue weighted by Crippen LogP contribution is -2.31. The zero-order valence-corrected chi connectivity index (χ0v) is 10.6. The maximum atomic E-state index is 11.5. The number of nitrogens with one attached hydrogen (secondary N) is 1. The Bertz CT molecular complexity index is 406. The number of hydrogen-bond donors (Lipinski definition) is 1. The molecule has 0 aliphatic carbocycles. The molecule has 0 bridgehead atoms. The Kier molecular flexibility index (Phi) is 5.18. The van der Waals surface area contributed by atoms with Crippen molar-refractivity contribution in [1.29, 1.82) is 0 Å². The molecule has 100 valence electrons. The predicted octanol–water partition coefficient (Wildman–Crippen LogP) is 0.762. The van der Waals surface area contributed by atoms with Crippen molar-refractivity contribution in [2.45, 2.75) is 18.6 Å². The minimum atomic E-state index is -0.521. The fourth-order valence-corrected chi connectivity index (χ4v) is 1.72. The molecule has 1 aromatic heterocycles. The Hall–Kier alpha value is -1.53. The zero-order chi connectivity index (χ0) is 12.3. The van der Waals surface area contributed by atoms with Gasteiger partial charge in [-0.05, 0) is 12.1 Å². The smallest absolute Gasteiger partial charge is 0.374 e. The SMILES string of the molecule is COC(=O)[C@@H]1C[C@H](OC(=O)c2ccco2)CN1.Cl. The Morgan fingerprint density at radius 3 is 2.89 bits per heavy atom. The quantitative estimate of drug-likeness (QED) is 0.821. The summed E-state index contributed by atoms with van der Waals surface area (Å²) in [6.45, 7) is 0.437. The van der Waals surface area contributed by atoms with Gasteiger partial charge >= 0.3 is 11.9 Å². The first-order valence-corrected chi connectivity index (χ1v) is 5.26. The van der Waals surface area contributed by atoms with Crippen LogP contribution in [-0.4, -0.2) is 37.7 Å². The van der Waals surface area contributed by atoms with E-state index in [0.717, 1.165) is 0 Å². The molecule has 2 heterocycles. The highest BCUT2D eigenvalue weighted by Gasteiger charge is 2.32. The van der Waals surface area contributed by atoms with Crippen LogP contribution in [0.25, 0.3) is 0 Å². The molecule has 2 rings (SSSR count). The van der Waals surface area contributed by atoms with Gasteiger partial charge in [0.1, 0.15) is 12.1 Å². The highest BCUT2D eigenvalue weighted by molar-refractivity contribution is 5.86. The average Bonchev–Trinajstić information content (AvgIpc) is 2.98. The van der Waals surface area contributed by atoms with Crippen molar-refractivity contribution >= 4 is 24.3 Å². The second kappa shape index (κ2) is 6.42. The summed E-state index contributed by atoms with van der Waals surface area (Å²) < 4.78 is 14.7. The molecule has 18 heavy (non-hydrogen) atoms. The van der Waals surface area contributed by atoms with E-state index < -0.39 is 12.0 Å². The molecule has 0 unspecified atom stereocenters. The van der Waals surface area contributed by atoms with E-state index in [-0.39, 0.29) is 30.2 Å². The second-order valence-corrected chi connectivity index (χ2v) is 3.72. The number of hydrogen-bond acceptors (Lipinski definition) is 6. The molecule has 6 nitrogen and oxygen atoms in total. The number of furan rings is 1. The van der Waals surface area contributed by atoms with Crippen LogP contribution in [0.4, 0.5) is 0 Å². The maximum absolute atomic E-state index is 11.5. The molecule has 1 aromatic rings. The second-order valence-electron chi connectivity index (χ2n) is 3.72. The van der Waals surface area contributed by atoms with Gasteiger partial charge in [-0.2, -0.15) is 0 Å². The lowest BCUT2D eigenvalue weighted by atomic mass is 10.2. The normalized spacial score (nSPS) is 22.1. The fraction of sp³-hybridized carbons (Fsp3) is 0.455. The summed E-state index contributed by atoms with van der Waals surface area (Å²) in [5.41, 5.74) is 0. The molecule has 1 aliphatic heterocycles. The standard InChI is InChI=1S/C11H13NO5.ClH/c1-15-10(13)8-5-7(6-12-8)17-11(14)9-3-2-4-16-9;/h2-4,7-8,12H,5-6H2,1H3;1H/t7-,8-;/m0./s1. The largest absolute Gasteiger partial charge is 0.468 e. The van der Waals surface area contributed by atoms with Crippen LogP contribution in [0.15, 0.2) is 22.8 Å². The van der Waals surface area contributed by atoms with Crippen molar-refractivity contribution in [3.05, 3.63) is 24.2 Å². The van der Waals surface area contributed by atoms with Gasteiger partial charge in [-0.3, -0.25) is 4.79 Å². The molecule has 0 radical (unpaired) electrons. The van der Waals surface area contributed by atoms with Crippen molar-refractivity contribution in [2.75, 3.05) is 13.7 Å². The van der Waals surface area contributed by atoms with Crippen LogP contribution >= 0.6 is 12.4 Å². The number of carbonyl (C=O) groups is 2. The van der Waals surface area contributed by atoms with E-state index in [9.17, 15) is 9.59 Å². The predicted molar refractivity (Wildman–Crippen MR) is 63.6 cm³/mol. The van der Waals surface area contributed by atoms with Gasteiger partial charge in [0.2, 0.25) is 5.76 Å². The first-order chi connectivity index (χ1) is 8.20. The zero-order valence-electron chi connectivity index (χ0n) is 9.75. The number of esters is 2. The third-order valence-electron chi connectivity index (χ3n) is 2.57. The van der Waals surface area contributed by atoms with E-state index in [1.54, 1.807) is 6.07 Å². The summed E-state index contributed by atoms with van der Waals surface area (Å²) in [6, 6.07) is 2.73. The molecule has 7 heteroatoms. The van der Waals surface area contributed by atoms with E-state index in [1.165, 1.54) is 19.4 Å². The Morgan fingerprint density at radius 2 is 2.28 bits per heavy atom. The van der Waals surface area contributed by atoms with Crippen molar-refractivity contribution in [1.82, 2.24) is 5.32 Å². The molecule has 0 aromatic carbocycles. The molecule has 0 saturated carbocycles. The van der Waals surface area contributed by atoms with Crippen molar-refractivity contribution in [3.8, 4) is 0 Å². The molecule has 0 amide bonds. The summed E-state index contributed by atoms with van der Waals surface area (Å²) in [5, 5.41) is 2.93. The van der Waals surface area contributed by atoms with Crippen LogP contribution in [-0.2, 0) is 14.3 Å². The molecule has 0 spiro atoms. The van der Waals surface area contributed by atoms with E-state index >= 15 is 0 Å². The van der Waals surface area contributed by atoms with Gasteiger partial charge in [-0.25, -0.2) is 4.79 Å². The summed E-state index contributed by atoms with van der Waals surface area (Å²) in [4.78, 5) is 22.8. The van der Waals surface area contributed by atoms with E-state index in [2.05, 4.69) is 10.1 Å². The van der Waals surface area contributed by atoms with Gasteiger partial charge in [0.05, 0.1) is 13.4 Å². The first kappa shape index (κ1) is 14.5. The van der Waals surface area contributed by atoms with Crippen molar-refractivity contribution < 1.29 is 23.5 Å². The Labute approximate surface area is 110 Å². The Balaban J connectivity index is 0.00000162. The summed E-state index contributed by atoms with van der Waals surface area (Å²) in [7, 11) is 1.33. The topological polar surface area (TPSA) is 77.8 Å². The Morgan fingerprint density at radius 1 is 1.50 bits per heavy atom. The lowest BCUT2D eigenvalue weighted by Gasteiger charge is -2.09. The third-order valence-corrected chi connectivity index (χ3v) is 2.57. The summed E-state index contributed by atoms with van der Waals surface area (Å²) in [6.07, 6.45) is 1.48. The fourth-order valence-electron chi connectivity index (χ4n) is 1.72. The number of ether oxygens (including phenoxy) is 2. The highest BCUT2D eigenvalue weighted by atomic mass is 35.5. The van der Waals surface area contributed by atoms with Gasteiger partial charge in [0, 0.05) is 13.0 Å². The summed E-state index contributed by atoms with van der Waals surface area (Å²) >= 11 is 0. The van der Waals surface area contributed by atoms with Crippen molar-refractivity contribution in [2.24, 2.45) is 0 Å². The number of rotatable bonds is 3. The van der Waals surface area contributed by atoms with Gasteiger partial charge in [-0.1, -0.05) is 0 Å². The summed E-state index contributed by atoms with van der Waals surface area (Å²) in [5.74, 6) is -0.708. The minimum Gasteiger partial charge on any atom is -0.468 e. The van der Waals surface area contributed by atoms with Crippen LogP contribution in [0.5, 0.6) is 0 Å². The minimum absolute atomic E-state index is 0. The molecule has 1 N–H and O–H groups in total. The molecular weight excluding hydrogens is 262 g/mol. The molecule has 2 atom stereocenters. The van der Waals surface area contributed by atoms with Gasteiger partial charge in [0.25, 0.3) is 0 Å². The van der Waals surface area contributed by atoms with Gasteiger partial charge < -0.3 is 19.2 Å². The van der Waals surface area contributed by atoms with E-state index in [1.807, 2.05) is 0 Å². The van der Waals surface area contributed by atoms with Crippen LogP contribution < -0.4 is 5.32 Å². The molecule has 1 fully saturated rings. The van der Waals surface area contributed by atoms with Crippen LogP contribution in [0.3, 0.4) is 0 Å². The van der Waals surface area contributed by atoms with Crippen LogP contribution in [0, 0.1) is 0 Å². The number of methoxy groups -OCH3 is 1. The van der Waals surface area contributed by atoms with E-state index in [0.29, 0.717) is 13.0 Å². The lowest BCUT2D eigenvalue weighted by molar-refractivity contribution is -0.142. The van der Waals surface area contributed by atoms with Gasteiger partial charge in [-0.15, -0.1) is 12.4 Å². The third kappa shape index (κ3) is 3.24. The monoisotopic (exact) mass is 275 g/mol. The van der Waals surface area contributed by atoms with Crippen LogP contribution in [0.1, 0.15) is 17.0 Å². The number of halogens is 1. The van der Waals surface area contributed by atoms with Crippen LogP contribution in [0.2, 0.25) is 0 Å². The average molecular weight is 276 g/mol.